The highest BCUT2D eigenvalue weighted by atomic mass is 32.2. The zero-order valence-corrected chi connectivity index (χ0v) is 14.7. The van der Waals surface area contributed by atoms with Crippen LogP contribution < -0.4 is 5.32 Å². The van der Waals surface area contributed by atoms with Gasteiger partial charge in [-0.3, -0.25) is 0 Å². The van der Waals surface area contributed by atoms with Crippen LogP contribution in [0.2, 0.25) is 0 Å². The average Bonchev–Trinajstić information content (AvgIpc) is 2.60. The Labute approximate surface area is 148 Å². The van der Waals surface area contributed by atoms with E-state index in [1.54, 1.807) is 0 Å². The van der Waals surface area contributed by atoms with Crippen molar-refractivity contribution in [3.8, 4) is 0 Å². The highest BCUT2D eigenvalue weighted by Gasteiger charge is 2.19. The third kappa shape index (κ3) is 4.12. The van der Waals surface area contributed by atoms with Gasteiger partial charge < -0.3 is 15.5 Å². The van der Waals surface area contributed by atoms with Crippen molar-refractivity contribution in [2.75, 3.05) is 18.5 Å². The molecule has 1 heterocycles. The minimum atomic E-state index is 0.253. The van der Waals surface area contributed by atoms with Gasteiger partial charge in [0.15, 0.2) is 0 Å². The van der Waals surface area contributed by atoms with E-state index < -0.39 is 0 Å². The normalized spacial score (nSPS) is 12.4. The lowest BCUT2D eigenvalue weighted by Gasteiger charge is -2.24. The molecule has 0 aromatic heterocycles. The lowest BCUT2D eigenvalue weighted by atomic mass is 9.99. The molecule has 0 radical (unpaired) electrons. The number of rotatable bonds is 8. The zero-order valence-electron chi connectivity index (χ0n) is 13.9. The molecule has 0 fully saturated rings. The van der Waals surface area contributed by atoms with E-state index in [1.807, 2.05) is 11.8 Å². The average molecular weight is 343 g/mol. The summed E-state index contributed by atoms with van der Waals surface area (Å²) in [4.78, 5) is 2.55. The van der Waals surface area contributed by atoms with E-state index in [4.69, 9.17) is 10.2 Å². The largest absolute Gasteiger partial charge is 0.396 e. The molecule has 0 unspecified atom stereocenters. The first-order valence-electron chi connectivity index (χ1n) is 8.73. The van der Waals surface area contributed by atoms with Crippen LogP contribution in [0.1, 0.15) is 36.8 Å². The molecule has 0 saturated carbocycles. The fourth-order valence-electron chi connectivity index (χ4n) is 3.08. The molecule has 1 aliphatic rings. The molecule has 2 aromatic carbocycles. The molecule has 0 saturated heterocycles. The molecule has 1 aliphatic heterocycles. The second-order valence-electron chi connectivity index (χ2n) is 6.21. The monoisotopic (exact) mass is 343 g/mol. The van der Waals surface area contributed by atoms with Crippen molar-refractivity contribution in [1.29, 1.82) is 0 Å². The van der Waals surface area contributed by atoms with E-state index in [0.717, 1.165) is 38.5 Å². The Hall–Kier alpha value is -1.49. The highest BCUT2D eigenvalue weighted by molar-refractivity contribution is 7.99. The van der Waals surface area contributed by atoms with E-state index in [2.05, 4.69) is 41.7 Å². The first-order chi connectivity index (χ1) is 11.8. The molecule has 3 N–H and O–H groups in total. The molecule has 3 rings (SSSR count). The van der Waals surface area contributed by atoms with Gasteiger partial charge in [-0.05, 0) is 67.9 Å². The first kappa shape index (κ1) is 17.3. The van der Waals surface area contributed by atoms with Gasteiger partial charge in [0, 0.05) is 23.0 Å². The summed E-state index contributed by atoms with van der Waals surface area (Å²) in [5, 5.41) is 21.7. The summed E-state index contributed by atoms with van der Waals surface area (Å²) in [6.45, 7) is 0.515. The maximum absolute atomic E-state index is 9.07. The molecular weight excluding hydrogens is 318 g/mol. The summed E-state index contributed by atoms with van der Waals surface area (Å²) >= 11 is 1.83. The summed E-state index contributed by atoms with van der Waals surface area (Å²) in [6, 6.07) is 13.0. The van der Waals surface area contributed by atoms with Crippen molar-refractivity contribution in [2.45, 2.75) is 48.3 Å². The number of para-hydroxylation sites is 1. The number of aliphatic hydroxyl groups is 2. The van der Waals surface area contributed by atoms with Crippen molar-refractivity contribution in [1.82, 2.24) is 0 Å². The number of anilines is 2. The van der Waals surface area contributed by atoms with Gasteiger partial charge in [-0.1, -0.05) is 30.0 Å². The molecule has 24 heavy (non-hydrogen) atoms. The molecule has 128 valence electrons. The van der Waals surface area contributed by atoms with Gasteiger partial charge in [-0.2, -0.15) is 0 Å². The maximum atomic E-state index is 9.07. The Morgan fingerprint density at radius 1 is 0.833 bits per heavy atom. The minimum absolute atomic E-state index is 0.253. The Balaban J connectivity index is 1.87. The van der Waals surface area contributed by atoms with Crippen molar-refractivity contribution in [3.63, 3.8) is 0 Å². The molecule has 0 bridgehead atoms. The van der Waals surface area contributed by atoms with Gasteiger partial charge in [-0.25, -0.2) is 0 Å². The van der Waals surface area contributed by atoms with E-state index in [-0.39, 0.29) is 13.2 Å². The van der Waals surface area contributed by atoms with Gasteiger partial charge in [0.1, 0.15) is 0 Å². The third-order valence-corrected chi connectivity index (χ3v) is 5.46. The van der Waals surface area contributed by atoms with Crippen LogP contribution in [0.15, 0.2) is 46.2 Å². The lowest BCUT2D eigenvalue weighted by molar-refractivity contribution is 0.284. The van der Waals surface area contributed by atoms with Crippen LogP contribution in [0, 0.1) is 0 Å². The molecule has 0 amide bonds. The predicted molar refractivity (Wildman–Crippen MR) is 100 cm³/mol. The van der Waals surface area contributed by atoms with E-state index in [0.29, 0.717) is 0 Å². The summed E-state index contributed by atoms with van der Waals surface area (Å²) in [5.74, 6) is 0. The third-order valence-electron chi connectivity index (χ3n) is 4.34. The molecule has 0 spiro atoms. The summed E-state index contributed by atoms with van der Waals surface area (Å²) in [7, 11) is 0. The fourth-order valence-corrected chi connectivity index (χ4v) is 4.19. The number of nitrogens with one attached hydrogen (secondary N) is 1. The number of aliphatic hydroxyl groups excluding tert-OH is 2. The Bertz CT molecular complexity index is 687. The fraction of sp³-hybridized carbons (Fsp3) is 0.400. The van der Waals surface area contributed by atoms with Crippen LogP contribution in [0.25, 0.3) is 0 Å². The van der Waals surface area contributed by atoms with Crippen molar-refractivity contribution >= 4 is 23.1 Å². The second kappa shape index (κ2) is 8.56. The quantitative estimate of drug-likeness (QED) is 0.526. The number of benzene rings is 2. The molecule has 4 heteroatoms. The number of fused-ring (bicyclic) bond motifs is 2. The van der Waals surface area contributed by atoms with Crippen LogP contribution in [0.4, 0.5) is 11.4 Å². The van der Waals surface area contributed by atoms with E-state index in [1.165, 1.54) is 32.3 Å². The molecule has 0 aliphatic carbocycles. The van der Waals surface area contributed by atoms with Gasteiger partial charge in [0.05, 0.1) is 11.4 Å². The van der Waals surface area contributed by atoms with E-state index in [9.17, 15) is 0 Å². The van der Waals surface area contributed by atoms with Gasteiger partial charge in [0.2, 0.25) is 0 Å². The predicted octanol–water partition coefficient (Wildman–Crippen LogP) is 4.52. The van der Waals surface area contributed by atoms with Crippen LogP contribution in [-0.2, 0) is 12.8 Å². The van der Waals surface area contributed by atoms with Gasteiger partial charge >= 0.3 is 0 Å². The smallest absolute Gasteiger partial charge is 0.0559 e. The zero-order chi connectivity index (χ0) is 16.8. The first-order valence-corrected chi connectivity index (χ1v) is 9.55. The summed E-state index contributed by atoms with van der Waals surface area (Å²) in [5.41, 5.74) is 5.07. The van der Waals surface area contributed by atoms with Gasteiger partial charge in [-0.15, -0.1) is 0 Å². The minimum Gasteiger partial charge on any atom is -0.396 e. The SMILES string of the molecule is OCCCCc1cc(CCCCO)c2c(c1)Sc1ccccc1N2. The van der Waals surface area contributed by atoms with Crippen molar-refractivity contribution < 1.29 is 10.2 Å². The maximum Gasteiger partial charge on any atom is 0.0559 e. The lowest BCUT2D eigenvalue weighted by Crippen LogP contribution is -2.05. The molecule has 3 nitrogen and oxygen atoms in total. The van der Waals surface area contributed by atoms with E-state index >= 15 is 0 Å². The van der Waals surface area contributed by atoms with Gasteiger partial charge in [0.25, 0.3) is 0 Å². The van der Waals surface area contributed by atoms with Crippen LogP contribution >= 0.6 is 11.8 Å². The number of hydrogen-bond donors (Lipinski definition) is 3. The summed E-state index contributed by atoms with van der Waals surface area (Å²) < 4.78 is 0. The standard InChI is InChI=1S/C20H25NO2S/c22-11-5-3-7-15-13-16(8-4-6-12-23)20-19(14-15)24-18-10-2-1-9-17(18)21-20/h1-2,9-10,13-14,21-23H,3-8,11-12H2. The number of hydrogen-bond acceptors (Lipinski definition) is 4. The molecule has 2 aromatic rings. The Morgan fingerprint density at radius 3 is 2.38 bits per heavy atom. The van der Waals surface area contributed by atoms with Crippen LogP contribution in [0.5, 0.6) is 0 Å². The summed E-state index contributed by atoms with van der Waals surface area (Å²) in [6.07, 6.45) is 5.69. The number of unbranched alkanes of at least 4 members (excludes halogenated alkanes) is 2. The van der Waals surface area contributed by atoms with Crippen molar-refractivity contribution in [3.05, 3.63) is 47.5 Å². The van der Waals surface area contributed by atoms with Crippen LogP contribution in [0.3, 0.4) is 0 Å². The van der Waals surface area contributed by atoms with Crippen LogP contribution in [-0.4, -0.2) is 23.4 Å². The molecule has 0 atom stereocenters. The topological polar surface area (TPSA) is 52.5 Å². The molecular formula is C20H25NO2S. The second-order valence-corrected chi connectivity index (χ2v) is 7.30. The number of aryl methyl sites for hydroxylation is 2. The Morgan fingerprint density at radius 2 is 1.58 bits per heavy atom. The highest BCUT2D eigenvalue weighted by Crippen LogP contribution is 2.46. The van der Waals surface area contributed by atoms with Crippen molar-refractivity contribution in [2.24, 2.45) is 0 Å². The Kier molecular flexibility index (Phi) is 6.18.